The average Bonchev–Trinajstić information content (AvgIpc) is 3.28. The zero-order valence-electron chi connectivity index (χ0n) is 15.9. The largest absolute Gasteiger partial charge is 0.379 e. The first-order chi connectivity index (χ1) is 13.8. The third-order valence-electron chi connectivity index (χ3n) is 5.02. The highest BCUT2D eigenvalue weighted by atomic mass is 32.1. The zero-order valence-corrected chi connectivity index (χ0v) is 16.7. The number of unbranched alkanes of at least 4 members (excludes halogenated alkanes) is 1. The number of pyridine rings is 1. The number of benzene rings is 1. The van der Waals surface area contributed by atoms with Crippen molar-refractivity contribution in [2.45, 2.75) is 12.8 Å². The maximum absolute atomic E-state index is 12.9. The predicted octanol–water partition coefficient (Wildman–Crippen LogP) is 3.81. The van der Waals surface area contributed by atoms with Crippen LogP contribution in [0, 0.1) is 0 Å². The molecule has 4 rings (SSSR count). The second kappa shape index (κ2) is 9.28. The van der Waals surface area contributed by atoms with Gasteiger partial charge in [-0.1, -0.05) is 24.3 Å². The van der Waals surface area contributed by atoms with Gasteiger partial charge in [0, 0.05) is 25.0 Å². The summed E-state index contributed by atoms with van der Waals surface area (Å²) in [6.07, 6.45) is 2.06. The molecule has 1 fully saturated rings. The highest BCUT2D eigenvalue weighted by molar-refractivity contribution is 7.13. The molecular weight excluding hydrogens is 370 g/mol. The number of amides is 1. The van der Waals surface area contributed by atoms with Crippen LogP contribution in [0.15, 0.2) is 47.8 Å². The predicted molar refractivity (Wildman–Crippen MR) is 114 cm³/mol. The van der Waals surface area contributed by atoms with Gasteiger partial charge in [0.1, 0.15) is 0 Å². The van der Waals surface area contributed by atoms with Gasteiger partial charge in [-0.25, -0.2) is 4.98 Å². The van der Waals surface area contributed by atoms with Crippen molar-refractivity contribution in [2.75, 3.05) is 39.4 Å². The number of hydrogen-bond acceptors (Lipinski definition) is 5. The fourth-order valence-corrected chi connectivity index (χ4v) is 4.18. The summed E-state index contributed by atoms with van der Waals surface area (Å²) in [7, 11) is 0. The summed E-state index contributed by atoms with van der Waals surface area (Å²) in [6.45, 7) is 5.45. The third kappa shape index (κ3) is 4.58. The second-order valence-corrected chi connectivity index (χ2v) is 7.91. The van der Waals surface area contributed by atoms with E-state index in [1.807, 2.05) is 47.8 Å². The molecule has 0 atom stereocenters. The van der Waals surface area contributed by atoms with Crippen molar-refractivity contribution >= 4 is 28.1 Å². The molecule has 5 nitrogen and oxygen atoms in total. The molecule has 146 valence electrons. The molecule has 0 spiro atoms. The third-order valence-corrected chi connectivity index (χ3v) is 5.92. The first-order valence-electron chi connectivity index (χ1n) is 9.83. The molecule has 0 bridgehead atoms. The van der Waals surface area contributed by atoms with E-state index in [4.69, 9.17) is 9.72 Å². The summed E-state index contributed by atoms with van der Waals surface area (Å²) in [5.74, 6) is -0.0252. The van der Waals surface area contributed by atoms with E-state index in [0.29, 0.717) is 12.1 Å². The normalized spacial score (nSPS) is 15.0. The Balaban J connectivity index is 1.40. The summed E-state index contributed by atoms with van der Waals surface area (Å²) in [4.78, 5) is 21.1. The van der Waals surface area contributed by atoms with Crippen LogP contribution in [0.5, 0.6) is 0 Å². The van der Waals surface area contributed by atoms with Crippen LogP contribution >= 0.6 is 11.3 Å². The molecule has 0 radical (unpaired) electrons. The second-order valence-electron chi connectivity index (χ2n) is 6.97. The Morgan fingerprint density at radius 1 is 1.14 bits per heavy atom. The number of carbonyl (C=O) groups is 1. The van der Waals surface area contributed by atoms with Crippen molar-refractivity contribution in [3.8, 4) is 10.6 Å². The number of hydrogen-bond donors (Lipinski definition) is 1. The SMILES string of the molecule is O=C(NCCCCN1CCOCC1)c1cc(-c2cccs2)nc2ccccc12. The Morgan fingerprint density at radius 2 is 2.00 bits per heavy atom. The molecule has 1 aliphatic heterocycles. The van der Waals surface area contributed by atoms with E-state index in [1.165, 1.54) is 0 Å². The molecule has 1 aromatic carbocycles. The number of carbonyl (C=O) groups excluding carboxylic acids is 1. The fraction of sp³-hybridized carbons (Fsp3) is 0.364. The summed E-state index contributed by atoms with van der Waals surface area (Å²) in [6, 6.07) is 13.8. The van der Waals surface area contributed by atoms with Crippen molar-refractivity contribution in [2.24, 2.45) is 0 Å². The Bertz CT molecular complexity index is 921. The Morgan fingerprint density at radius 3 is 2.82 bits per heavy atom. The van der Waals surface area contributed by atoms with E-state index in [9.17, 15) is 4.79 Å². The van der Waals surface area contributed by atoms with E-state index in [1.54, 1.807) is 11.3 Å². The topological polar surface area (TPSA) is 54.5 Å². The number of ether oxygens (including phenoxy) is 1. The molecule has 1 saturated heterocycles. The van der Waals surface area contributed by atoms with E-state index in [0.717, 1.165) is 67.2 Å². The van der Waals surface area contributed by atoms with Crippen LogP contribution in [0.1, 0.15) is 23.2 Å². The Labute approximate surface area is 169 Å². The van der Waals surface area contributed by atoms with Gasteiger partial charge in [0.2, 0.25) is 0 Å². The van der Waals surface area contributed by atoms with Crippen LogP contribution < -0.4 is 5.32 Å². The monoisotopic (exact) mass is 395 g/mol. The minimum Gasteiger partial charge on any atom is -0.379 e. The molecule has 1 amide bonds. The highest BCUT2D eigenvalue weighted by Crippen LogP contribution is 2.27. The summed E-state index contributed by atoms with van der Waals surface area (Å²) < 4.78 is 5.38. The first-order valence-corrected chi connectivity index (χ1v) is 10.7. The summed E-state index contributed by atoms with van der Waals surface area (Å²) in [5.41, 5.74) is 2.40. The van der Waals surface area contributed by atoms with Gasteiger partial charge in [-0.3, -0.25) is 9.69 Å². The van der Waals surface area contributed by atoms with Gasteiger partial charge >= 0.3 is 0 Å². The molecule has 6 heteroatoms. The molecule has 0 aliphatic carbocycles. The van der Waals surface area contributed by atoms with Crippen LogP contribution in [0.25, 0.3) is 21.5 Å². The van der Waals surface area contributed by atoms with E-state index < -0.39 is 0 Å². The number of nitrogens with one attached hydrogen (secondary N) is 1. The molecule has 3 heterocycles. The smallest absolute Gasteiger partial charge is 0.252 e. The fourth-order valence-electron chi connectivity index (χ4n) is 3.50. The van der Waals surface area contributed by atoms with Gasteiger partial charge in [0.25, 0.3) is 5.91 Å². The molecular formula is C22H25N3O2S. The van der Waals surface area contributed by atoms with Crippen LogP contribution in [0.4, 0.5) is 0 Å². The maximum atomic E-state index is 12.9. The van der Waals surface area contributed by atoms with Crippen molar-refractivity contribution < 1.29 is 9.53 Å². The number of rotatable bonds is 7. The Hall–Kier alpha value is -2.28. The van der Waals surface area contributed by atoms with Crippen molar-refractivity contribution in [3.05, 3.63) is 53.4 Å². The van der Waals surface area contributed by atoms with Crippen LogP contribution in [-0.4, -0.2) is 55.2 Å². The van der Waals surface area contributed by atoms with E-state index >= 15 is 0 Å². The van der Waals surface area contributed by atoms with Crippen molar-refractivity contribution in [1.82, 2.24) is 15.2 Å². The highest BCUT2D eigenvalue weighted by Gasteiger charge is 2.14. The van der Waals surface area contributed by atoms with Crippen LogP contribution in [-0.2, 0) is 4.74 Å². The quantitative estimate of drug-likeness (QED) is 0.618. The molecule has 1 N–H and O–H groups in total. The molecule has 0 saturated carbocycles. The van der Waals surface area contributed by atoms with Gasteiger partial charge < -0.3 is 10.1 Å². The standard InChI is InChI=1S/C22H25N3O2S/c26-22(23-9-3-4-10-25-11-13-27-14-12-25)18-16-20(21-8-5-15-28-21)24-19-7-2-1-6-17(18)19/h1-2,5-8,15-16H,3-4,9-14H2,(H,23,26). The number of nitrogens with zero attached hydrogens (tertiary/aromatic N) is 2. The van der Waals surface area contributed by atoms with Gasteiger partial charge in [0.05, 0.1) is 34.9 Å². The molecule has 1 aliphatic rings. The lowest BCUT2D eigenvalue weighted by Crippen LogP contribution is -2.37. The van der Waals surface area contributed by atoms with E-state index in [2.05, 4.69) is 10.2 Å². The Kier molecular flexibility index (Phi) is 6.31. The minimum absolute atomic E-state index is 0.0252. The minimum atomic E-state index is -0.0252. The van der Waals surface area contributed by atoms with Crippen molar-refractivity contribution in [3.63, 3.8) is 0 Å². The number of thiophene rings is 1. The lowest BCUT2D eigenvalue weighted by molar-refractivity contribution is 0.0372. The number of aromatic nitrogens is 1. The van der Waals surface area contributed by atoms with Gasteiger partial charge in [-0.15, -0.1) is 11.3 Å². The lowest BCUT2D eigenvalue weighted by Gasteiger charge is -2.26. The first kappa shape index (κ1) is 19.1. The molecule has 0 unspecified atom stereocenters. The number of morpholine rings is 1. The van der Waals surface area contributed by atoms with E-state index in [-0.39, 0.29) is 5.91 Å². The van der Waals surface area contributed by atoms with Gasteiger partial charge in [0.15, 0.2) is 0 Å². The maximum Gasteiger partial charge on any atom is 0.252 e. The number of para-hydroxylation sites is 1. The lowest BCUT2D eigenvalue weighted by atomic mass is 10.1. The summed E-state index contributed by atoms with van der Waals surface area (Å²) in [5, 5.41) is 6.02. The van der Waals surface area contributed by atoms with Gasteiger partial charge in [-0.2, -0.15) is 0 Å². The average molecular weight is 396 g/mol. The van der Waals surface area contributed by atoms with Crippen LogP contribution in [0.3, 0.4) is 0 Å². The van der Waals surface area contributed by atoms with Gasteiger partial charge in [-0.05, 0) is 43.0 Å². The van der Waals surface area contributed by atoms with Crippen LogP contribution in [0.2, 0.25) is 0 Å². The molecule has 3 aromatic rings. The molecule has 2 aromatic heterocycles. The van der Waals surface area contributed by atoms with Crippen molar-refractivity contribution in [1.29, 1.82) is 0 Å². The molecule has 28 heavy (non-hydrogen) atoms. The summed E-state index contributed by atoms with van der Waals surface area (Å²) >= 11 is 1.64. The zero-order chi connectivity index (χ0) is 19.2. The number of fused-ring (bicyclic) bond motifs is 1.